The van der Waals surface area contributed by atoms with Crippen LogP contribution in [0.4, 0.5) is 5.69 Å². The summed E-state index contributed by atoms with van der Waals surface area (Å²) in [5.74, 6) is -0.0960. The van der Waals surface area contributed by atoms with Crippen molar-refractivity contribution >= 4 is 17.6 Å². The highest BCUT2D eigenvalue weighted by atomic mass is 16.5. The van der Waals surface area contributed by atoms with Gasteiger partial charge in [-0.1, -0.05) is 42.5 Å². The van der Waals surface area contributed by atoms with Gasteiger partial charge < -0.3 is 20.1 Å². The van der Waals surface area contributed by atoms with Crippen LogP contribution in [0.2, 0.25) is 0 Å². The average molecular weight is 418 g/mol. The molecule has 0 spiro atoms. The molecule has 0 unspecified atom stereocenters. The zero-order valence-corrected chi connectivity index (χ0v) is 17.6. The second kappa shape index (κ2) is 10.8. The van der Waals surface area contributed by atoms with E-state index in [1.807, 2.05) is 54.6 Å². The van der Waals surface area contributed by atoms with Gasteiger partial charge in [0, 0.05) is 24.7 Å². The van der Waals surface area contributed by atoms with Crippen LogP contribution in [0.15, 0.2) is 78.9 Å². The van der Waals surface area contributed by atoms with Crippen LogP contribution in [0.1, 0.15) is 21.5 Å². The van der Waals surface area contributed by atoms with E-state index in [0.29, 0.717) is 18.6 Å². The Labute approximate surface area is 182 Å². The van der Waals surface area contributed by atoms with Crippen molar-refractivity contribution < 1.29 is 19.1 Å². The van der Waals surface area contributed by atoms with E-state index >= 15 is 0 Å². The first kappa shape index (κ1) is 21.9. The van der Waals surface area contributed by atoms with Crippen LogP contribution in [-0.4, -0.2) is 32.1 Å². The first-order valence-corrected chi connectivity index (χ1v) is 10.0. The summed E-state index contributed by atoms with van der Waals surface area (Å²) in [4.78, 5) is 24.8. The molecule has 1 atom stereocenters. The third kappa shape index (κ3) is 6.34. The van der Waals surface area contributed by atoms with Crippen LogP contribution >= 0.6 is 0 Å². The van der Waals surface area contributed by atoms with Gasteiger partial charge in [-0.2, -0.15) is 0 Å². The average Bonchev–Trinajstić information content (AvgIpc) is 2.83. The summed E-state index contributed by atoms with van der Waals surface area (Å²) in [6, 6.07) is 23.6. The molecular formula is C25H26N2O4. The van der Waals surface area contributed by atoms with Crippen LogP contribution < -0.4 is 15.4 Å². The lowest BCUT2D eigenvalue weighted by molar-refractivity contribution is -0.142. The predicted octanol–water partition coefficient (Wildman–Crippen LogP) is 3.82. The zero-order chi connectivity index (χ0) is 22.1. The van der Waals surface area contributed by atoms with Crippen LogP contribution in [-0.2, 0) is 22.6 Å². The standard InChI is InChI=1S/C25H26N2O4/c1-26-21-12-10-20(11-13-21)24(28)27-23(25(29)30-2)16-18-8-14-22(15-9-18)31-17-19-6-4-3-5-7-19/h3-15,23,26H,16-17H2,1-2H3,(H,27,28)/t23-/m0/s1. The van der Waals surface area contributed by atoms with Gasteiger partial charge in [-0.05, 0) is 47.5 Å². The van der Waals surface area contributed by atoms with Crippen molar-refractivity contribution in [3.05, 3.63) is 95.6 Å². The van der Waals surface area contributed by atoms with Crippen molar-refractivity contribution in [1.82, 2.24) is 5.32 Å². The molecule has 0 aliphatic carbocycles. The molecule has 3 aromatic rings. The maximum absolute atomic E-state index is 12.6. The molecule has 0 radical (unpaired) electrons. The number of carbonyl (C=O) groups is 2. The molecule has 0 bridgehead atoms. The number of carbonyl (C=O) groups excluding carboxylic acids is 2. The first-order chi connectivity index (χ1) is 15.1. The number of hydrogen-bond acceptors (Lipinski definition) is 5. The Morgan fingerprint density at radius 2 is 1.55 bits per heavy atom. The van der Waals surface area contributed by atoms with Gasteiger partial charge in [0.05, 0.1) is 7.11 Å². The van der Waals surface area contributed by atoms with E-state index in [-0.39, 0.29) is 5.91 Å². The van der Waals surface area contributed by atoms with Crippen LogP contribution in [0.3, 0.4) is 0 Å². The number of rotatable bonds is 9. The fourth-order valence-electron chi connectivity index (χ4n) is 3.06. The maximum atomic E-state index is 12.6. The number of hydrogen-bond donors (Lipinski definition) is 2. The molecule has 6 heteroatoms. The van der Waals surface area contributed by atoms with Gasteiger partial charge >= 0.3 is 5.97 Å². The van der Waals surface area contributed by atoms with Crippen LogP contribution in [0.5, 0.6) is 5.75 Å². The molecule has 2 N–H and O–H groups in total. The normalized spacial score (nSPS) is 11.3. The van der Waals surface area contributed by atoms with E-state index in [1.54, 1.807) is 31.3 Å². The third-order valence-electron chi connectivity index (χ3n) is 4.84. The molecule has 0 heterocycles. The van der Waals surface area contributed by atoms with E-state index in [9.17, 15) is 9.59 Å². The first-order valence-electron chi connectivity index (χ1n) is 10.0. The minimum atomic E-state index is -0.794. The molecular weight excluding hydrogens is 392 g/mol. The highest BCUT2D eigenvalue weighted by molar-refractivity contribution is 5.97. The van der Waals surface area contributed by atoms with Crippen molar-refractivity contribution in [1.29, 1.82) is 0 Å². The summed E-state index contributed by atoms with van der Waals surface area (Å²) in [5.41, 5.74) is 3.34. The van der Waals surface area contributed by atoms with E-state index in [1.165, 1.54) is 7.11 Å². The molecule has 0 aliphatic heterocycles. The molecule has 0 saturated carbocycles. The minimum Gasteiger partial charge on any atom is -0.489 e. The molecule has 160 valence electrons. The fraction of sp³-hybridized carbons (Fsp3) is 0.200. The summed E-state index contributed by atoms with van der Waals surface area (Å²) in [6.45, 7) is 0.480. The van der Waals surface area contributed by atoms with E-state index in [2.05, 4.69) is 10.6 Å². The Bertz CT molecular complexity index is 986. The summed E-state index contributed by atoms with van der Waals surface area (Å²) in [5, 5.41) is 5.77. The number of esters is 1. The molecule has 0 saturated heterocycles. The van der Waals surface area contributed by atoms with Gasteiger partial charge in [-0.25, -0.2) is 4.79 Å². The summed E-state index contributed by atoms with van der Waals surface area (Å²) in [7, 11) is 3.12. The van der Waals surface area contributed by atoms with E-state index < -0.39 is 12.0 Å². The van der Waals surface area contributed by atoms with Crippen molar-refractivity contribution in [2.45, 2.75) is 19.1 Å². The number of anilines is 1. The van der Waals surface area contributed by atoms with Gasteiger partial charge in [0.15, 0.2) is 0 Å². The number of benzene rings is 3. The Morgan fingerprint density at radius 1 is 0.871 bits per heavy atom. The molecule has 0 aromatic heterocycles. The van der Waals surface area contributed by atoms with Gasteiger partial charge in [0.2, 0.25) is 0 Å². The van der Waals surface area contributed by atoms with Gasteiger partial charge in [0.25, 0.3) is 5.91 Å². The van der Waals surface area contributed by atoms with Crippen molar-refractivity contribution in [2.24, 2.45) is 0 Å². The summed E-state index contributed by atoms with van der Waals surface area (Å²) in [6.07, 6.45) is 0.311. The highest BCUT2D eigenvalue weighted by Crippen LogP contribution is 2.16. The third-order valence-corrected chi connectivity index (χ3v) is 4.84. The Kier molecular flexibility index (Phi) is 7.65. The lowest BCUT2D eigenvalue weighted by Crippen LogP contribution is -2.43. The lowest BCUT2D eigenvalue weighted by atomic mass is 10.0. The Balaban J connectivity index is 1.62. The zero-order valence-electron chi connectivity index (χ0n) is 17.6. The van der Waals surface area contributed by atoms with E-state index in [0.717, 1.165) is 22.6 Å². The van der Waals surface area contributed by atoms with Gasteiger partial charge in [-0.3, -0.25) is 4.79 Å². The molecule has 31 heavy (non-hydrogen) atoms. The number of ether oxygens (including phenoxy) is 2. The summed E-state index contributed by atoms with van der Waals surface area (Å²) >= 11 is 0. The largest absolute Gasteiger partial charge is 0.489 e. The molecule has 6 nitrogen and oxygen atoms in total. The fourth-order valence-corrected chi connectivity index (χ4v) is 3.06. The topological polar surface area (TPSA) is 76.7 Å². The SMILES string of the molecule is CNc1ccc(C(=O)N[C@@H](Cc2ccc(OCc3ccccc3)cc2)C(=O)OC)cc1. The molecule has 1 amide bonds. The van der Waals surface area contributed by atoms with Crippen molar-refractivity contribution in [3.63, 3.8) is 0 Å². The molecule has 0 fully saturated rings. The molecule has 3 rings (SSSR count). The highest BCUT2D eigenvalue weighted by Gasteiger charge is 2.22. The predicted molar refractivity (Wildman–Crippen MR) is 120 cm³/mol. The number of methoxy groups -OCH3 is 1. The number of nitrogens with one attached hydrogen (secondary N) is 2. The lowest BCUT2D eigenvalue weighted by Gasteiger charge is -2.17. The van der Waals surface area contributed by atoms with Gasteiger partial charge in [-0.15, -0.1) is 0 Å². The van der Waals surface area contributed by atoms with Crippen molar-refractivity contribution in [3.8, 4) is 5.75 Å². The Morgan fingerprint density at radius 3 is 2.16 bits per heavy atom. The monoisotopic (exact) mass is 418 g/mol. The summed E-state index contributed by atoms with van der Waals surface area (Å²) < 4.78 is 10.7. The maximum Gasteiger partial charge on any atom is 0.328 e. The smallest absolute Gasteiger partial charge is 0.328 e. The number of amides is 1. The molecule has 0 aliphatic rings. The van der Waals surface area contributed by atoms with Crippen LogP contribution in [0.25, 0.3) is 0 Å². The molecule has 3 aromatic carbocycles. The minimum absolute atomic E-state index is 0.311. The second-order valence-corrected chi connectivity index (χ2v) is 7.00. The Hall–Kier alpha value is -3.80. The van der Waals surface area contributed by atoms with E-state index in [4.69, 9.17) is 9.47 Å². The van der Waals surface area contributed by atoms with Gasteiger partial charge in [0.1, 0.15) is 18.4 Å². The van der Waals surface area contributed by atoms with Crippen molar-refractivity contribution in [2.75, 3.05) is 19.5 Å². The van der Waals surface area contributed by atoms with Crippen LogP contribution in [0, 0.1) is 0 Å². The quantitative estimate of drug-likeness (QED) is 0.517. The second-order valence-electron chi connectivity index (χ2n) is 7.00.